The van der Waals surface area contributed by atoms with Crippen molar-refractivity contribution in [1.82, 2.24) is 19.6 Å². The van der Waals surface area contributed by atoms with E-state index in [2.05, 4.69) is 9.47 Å². The van der Waals surface area contributed by atoms with Gasteiger partial charge in [-0.05, 0) is 22.3 Å². The number of amides is 4. The normalized spacial score (nSPS) is 20.7. The largest absolute Gasteiger partial charge is 1.00 e. The summed E-state index contributed by atoms with van der Waals surface area (Å²) in [6.45, 7) is 0.608. The Labute approximate surface area is 516 Å². The van der Waals surface area contributed by atoms with E-state index in [1.165, 1.54) is 36.0 Å². The van der Waals surface area contributed by atoms with E-state index in [9.17, 15) is 58.5 Å². The Morgan fingerprint density at radius 1 is 0.435 bits per heavy atom. The number of β-amino-alcohol motifs (C(OH)–C–C–N with tert-alkyl or cyclic N) is 3. The van der Waals surface area contributed by atoms with Crippen LogP contribution in [0.25, 0.3) is 0 Å². The molecule has 85 heavy (non-hydrogen) atoms. The number of carbonyl (C=O) groups excluding carboxylic acids is 8. The number of carbonyl (C=O) groups is 9. The number of nitrogens with zero attached hydrogens (tertiary/aromatic N) is 4. The molecular formula is C57H68ClN4NaO22. The summed E-state index contributed by atoms with van der Waals surface area (Å²) in [7, 11) is 3.73. The predicted octanol–water partition coefficient (Wildman–Crippen LogP) is 1.25. The molecule has 0 saturated carbocycles. The van der Waals surface area contributed by atoms with Crippen LogP contribution in [0.1, 0.15) is 47.9 Å². The quantitative estimate of drug-likeness (QED) is 0.0597. The fraction of sp³-hybridized carbons (Fsp3) is 0.421. The molecule has 4 aliphatic heterocycles. The number of likely N-dealkylation sites (tertiary alicyclic amines) is 4. The van der Waals surface area contributed by atoms with Crippen LogP contribution in [0.4, 0.5) is 19.2 Å². The summed E-state index contributed by atoms with van der Waals surface area (Å²) in [5.41, 5.74) is 3.36. The third-order valence-electron chi connectivity index (χ3n) is 13.0. The number of hydrogen-bond donors (Lipinski definition) is 4. The van der Waals surface area contributed by atoms with Gasteiger partial charge in [-0.2, -0.15) is 0 Å². The Morgan fingerprint density at radius 3 is 0.965 bits per heavy atom. The maximum atomic E-state index is 12.3. The van der Waals surface area contributed by atoms with Crippen molar-refractivity contribution >= 4 is 65.8 Å². The molecule has 0 spiro atoms. The van der Waals surface area contributed by atoms with E-state index in [4.69, 9.17) is 45.1 Å². The van der Waals surface area contributed by atoms with Gasteiger partial charge < -0.3 is 63.8 Å². The van der Waals surface area contributed by atoms with E-state index in [1.54, 1.807) is 12.1 Å². The number of hydrogen-bond acceptors (Lipinski definition) is 21. The monoisotopic (exact) mass is 1220 g/mol. The number of methoxy groups -OCH3 is 3. The molecular weight excluding hydrogens is 1150 g/mol. The van der Waals surface area contributed by atoms with Crippen molar-refractivity contribution in [3.05, 3.63) is 144 Å². The van der Waals surface area contributed by atoms with Crippen LogP contribution in [0.2, 0.25) is 0 Å². The molecule has 5 N–H and O–H groups in total. The van der Waals surface area contributed by atoms with Gasteiger partial charge in [0.25, 0.3) is 0 Å². The third kappa shape index (κ3) is 22.8. The van der Waals surface area contributed by atoms with Gasteiger partial charge in [-0.1, -0.05) is 121 Å². The summed E-state index contributed by atoms with van der Waals surface area (Å²) in [5, 5.41) is 37.6. The summed E-state index contributed by atoms with van der Waals surface area (Å²) in [4.78, 5) is 110. The molecule has 4 aromatic rings. The average Bonchev–Trinajstić information content (AvgIpc) is 4.52. The van der Waals surface area contributed by atoms with Gasteiger partial charge in [0.1, 0.15) is 62.6 Å². The number of halogens is 1. The van der Waals surface area contributed by atoms with Crippen LogP contribution in [-0.4, -0.2) is 202 Å². The molecule has 0 bridgehead atoms. The van der Waals surface area contributed by atoms with Crippen molar-refractivity contribution in [2.24, 2.45) is 0 Å². The molecule has 4 amide bonds. The van der Waals surface area contributed by atoms with E-state index in [-0.39, 0.29) is 119 Å². The van der Waals surface area contributed by atoms with Crippen molar-refractivity contribution in [2.75, 3.05) is 53.4 Å². The molecule has 4 saturated heterocycles. The summed E-state index contributed by atoms with van der Waals surface area (Å²) in [5.74, 6) is -3.71. The van der Waals surface area contributed by atoms with Crippen molar-refractivity contribution in [1.29, 1.82) is 0 Å². The number of alkyl halides is 1. The Balaban J connectivity index is 0.000000296. The molecule has 0 aliphatic carbocycles. The maximum Gasteiger partial charge on any atom is 1.00 e. The van der Waals surface area contributed by atoms with E-state index in [0.29, 0.717) is 0 Å². The van der Waals surface area contributed by atoms with Crippen LogP contribution in [0.3, 0.4) is 0 Å². The Kier molecular flexibility index (Phi) is 31.2. The number of aliphatic hydroxyl groups excluding tert-OH is 3. The molecule has 4 aromatic carbocycles. The molecule has 0 unspecified atom stereocenters. The topological polar surface area (TPSA) is 351 Å². The van der Waals surface area contributed by atoms with E-state index < -0.39 is 103 Å². The minimum atomic E-state index is -1.13. The van der Waals surface area contributed by atoms with Crippen LogP contribution in [0.15, 0.2) is 121 Å². The fourth-order valence-corrected chi connectivity index (χ4v) is 8.93. The van der Waals surface area contributed by atoms with Gasteiger partial charge in [0, 0.05) is 25.7 Å². The Morgan fingerprint density at radius 2 is 0.694 bits per heavy atom. The molecule has 0 aromatic heterocycles. The van der Waals surface area contributed by atoms with Crippen molar-refractivity contribution in [3.63, 3.8) is 0 Å². The first-order valence-electron chi connectivity index (χ1n) is 26.0. The van der Waals surface area contributed by atoms with Gasteiger partial charge in [-0.15, -0.1) is 11.6 Å². The Bertz CT molecular complexity index is 2670. The number of aliphatic hydroxyl groups is 3. The maximum absolute atomic E-state index is 12.3. The van der Waals surface area contributed by atoms with E-state index in [0.717, 1.165) is 27.2 Å². The smallest absolute Gasteiger partial charge is 0.870 e. The second kappa shape index (κ2) is 37.0. The molecule has 0 radical (unpaired) electrons. The molecule has 4 aliphatic rings. The first-order valence-corrected chi connectivity index (χ1v) is 26.5. The molecule has 456 valence electrons. The summed E-state index contributed by atoms with van der Waals surface area (Å²) < 4.78 is 39.6. The molecule has 8 rings (SSSR count). The van der Waals surface area contributed by atoms with Gasteiger partial charge in [-0.25, -0.2) is 38.4 Å². The second-order valence-electron chi connectivity index (χ2n) is 18.9. The van der Waals surface area contributed by atoms with Crippen LogP contribution >= 0.6 is 11.6 Å². The molecule has 4 fully saturated rings. The number of carboxylic acid groups (broad SMARTS) is 1. The zero-order valence-electron chi connectivity index (χ0n) is 47.2. The van der Waals surface area contributed by atoms with Gasteiger partial charge in [0.2, 0.25) is 0 Å². The molecule has 4 heterocycles. The van der Waals surface area contributed by atoms with Crippen molar-refractivity contribution in [3.8, 4) is 0 Å². The minimum Gasteiger partial charge on any atom is -0.870 e. The minimum absolute atomic E-state index is 0. The van der Waals surface area contributed by atoms with Crippen molar-refractivity contribution in [2.45, 2.75) is 101 Å². The first kappa shape index (κ1) is 71.7. The molecule has 26 nitrogen and oxygen atoms in total. The number of esters is 4. The van der Waals surface area contributed by atoms with Crippen LogP contribution < -0.4 is 29.6 Å². The van der Waals surface area contributed by atoms with E-state index in [1.807, 2.05) is 109 Å². The van der Waals surface area contributed by atoms with Gasteiger partial charge >= 0.3 is 83.8 Å². The number of ether oxygens (including phenoxy) is 8. The second-order valence-corrected chi connectivity index (χ2v) is 19.2. The zero-order chi connectivity index (χ0) is 60.4. The third-order valence-corrected chi connectivity index (χ3v) is 13.2. The van der Waals surface area contributed by atoms with Crippen LogP contribution in [-0.2, 0) is 88.3 Å². The summed E-state index contributed by atoms with van der Waals surface area (Å²) >= 11 is 5.40. The number of aliphatic carboxylic acids is 1. The fourth-order valence-electron chi connectivity index (χ4n) is 8.87. The number of rotatable bonds is 14. The average molecular weight is 1220 g/mol. The zero-order valence-corrected chi connectivity index (χ0v) is 50.0. The SMILES string of the molecule is COC(=O)[C@@H]1C[C@@H](O)CN1C(=O)OCc1ccccc1.COC(=O)[C@@H]1C[C@H](O)CN1C(=O)OCc1ccccc1.COC(=O)[C@@H]1C[C@H](OC(=O)CCl)CN1C(=O)OCc1ccccc1.O=C(O)[C@@H]1C[C@H](O)CN1C(=O)OCc1ccccc1.[Na+].[OH-]. The molecule has 8 atom stereocenters. The van der Waals surface area contributed by atoms with Crippen molar-refractivity contribution < 1.29 is 137 Å². The van der Waals surface area contributed by atoms with Gasteiger partial charge in [-0.3, -0.25) is 24.4 Å². The van der Waals surface area contributed by atoms with Crippen LogP contribution in [0.5, 0.6) is 0 Å². The molecule has 28 heteroatoms. The first-order chi connectivity index (χ1) is 39.8. The Hall–Kier alpha value is -7.56. The number of benzene rings is 4. The number of carboxylic acids is 1. The predicted molar refractivity (Wildman–Crippen MR) is 291 cm³/mol. The van der Waals surface area contributed by atoms with Gasteiger partial charge in [0.05, 0.1) is 65.8 Å². The van der Waals surface area contributed by atoms with E-state index >= 15 is 0 Å². The standard InChI is InChI=1S/C16H18ClNO6.2C14H17NO5.C13H15NO5.Na.H2O/c1-22-15(20)13-7-12(24-14(19)8-17)9-18(13)16(21)23-10-11-5-3-2-4-6-11;2*1-19-13(17)12-7-11(16)8-15(12)14(18)20-9-10-5-3-2-4-6-10;15-10-6-11(12(16)17)14(7-10)13(18)19-8-9-4-2-1-3-5-9;;/h2-6,12-13H,7-10H2,1H3;2*2-6,11-12,16H,7-9H2,1H3;1-5,10-11,15H,6-8H2,(H,16,17);;1H2/q;;;;+1;/p-1/t12-,13-;11-,12+;11-,12-;10-,11-;;/m0100../s1. The summed E-state index contributed by atoms with van der Waals surface area (Å²) in [6.07, 6.45) is -5.00. The summed E-state index contributed by atoms with van der Waals surface area (Å²) in [6, 6.07) is 33.3. The van der Waals surface area contributed by atoms with Gasteiger partial charge in [0.15, 0.2) is 0 Å². The van der Waals surface area contributed by atoms with Crippen LogP contribution in [0, 0.1) is 0 Å².